The van der Waals surface area contributed by atoms with Gasteiger partial charge in [-0.15, -0.1) is 0 Å². The number of thioether (sulfide) groups is 1. The van der Waals surface area contributed by atoms with E-state index in [1.54, 1.807) is 12.1 Å². The first-order chi connectivity index (χ1) is 14.2. The lowest BCUT2D eigenvalue weighted by atomic mass is 10.1. The van der Waals surface area contributed by atoms with Gasteiger partial charge in [-0.05, 0) is 29.8 Å². The summed E-state index contributed by atoms with van der Waals surface area (Å²) in [5.74, 6) is -0.273. The highest BCUT2D eigenvalue weighted by molar-refractivity contribution is 8.04. The van der Waals surface area contributed by atoms with Gasteiger partial charge in [-0.3, -0.25) is 9.59 Å². The number of anilines is 1. The maximum atomic E-state index is 12.5. The van der Waals surface area contributed by atoms with Gasteiger partial charge in [0.15, 0.2) is 0 Å². The monoisotopic (exact) mass is 410 g/mol. The molecule has 1 saturated heterocycles. The zero-order valence-electron chi connectivity index (χ0n) is 16.1. The number of nitrogens with one attached hydrogen (secondary N) is 3. The molecule has 2 heterocycles. The number of carbonyl (C=O) groups excluding carboxylic acids is 2. The topological polar surface area (TPSA) is 71.9 Å². The molecule has 150 valence electrons. The highest BCUT2D eigenvalue weighted by Crippen LogP contribution is 2.39. The van der Waals surface area contributed by atoms with E-state index in [0.717, 1.165) is 43.3 Å². The van der Waals surface area contributed by atoms with Gasteiger partial charge in [0.05, 0.1) is 36.9 Å². The summed E-state index contributed by atoms with van der Waals surface area (Å²) in [6.45, 7) is 5.04. The minimum atomic E-state index is -0.153. The van der Waals surface area contributed by atoms with Crippen LogP contribution in [0.15, 0.2) is 58.3 Å². The molecule has 0 aliphatic carbocycles. The van der Waals surface area contributed by atoms with Gasteiger partial charge in [-0.2, -0.15) is 0 Å². The van der Waals surface area contributed by atoms with Crippen LogP contribution in [0.1, 0.15) is 15.9 Å². The van der Waals surface area contributed by atoms with Crippen molar-refractivity contribution in [3.8, 4) is 0 Å². The van der Waals surface area contributed by atoms with Crippen LogP contribution in [0, 0.1) is 0 Å². The third kappa shape index (κ3) is 5.06. The Morgan fingerprint density at radius 1 is 1.17 bits per heavy atom. The molecule has 0 unspecified atom stereocenters. The molecule has 2 aliphatic heterocycles. The molecule has 1 fully saturated rings. The van der Waals surface area contributed by atoms with Crippen LogP contribution in [0.25, 0.3) is 6.08 Å². The van der Waals surface area contributed by atoms with Gasteiger partial charge < -0.3 is 20.3 Å². The highest BCUT2D eigenvalue weighted by Gasteiger charge is 2.22. The Balaban J connectivity index is 1.39. The van der Waals surface area contributed by atoms with Crippen LogP contribution < -0.4 is 15.5 Å². The summed E-state index contributed by atoms with van der Waals surface area (Å²) in [5, 5.41) is 5.88. The Kier molecular flexibility index (Phi) is 6.29. The molecule has 2 aromatic rings. The highest BCUT2D eigenvalue weighted by atomic mass is 32.2. The molecule has 29 heavy (non-hydrogen) atoms. The standard InChI is InChI=1S/C22H23N3O3S/c26-21(23-8-9-25-10-12-28-13-11-25)17-6-7-19-18(15-17)24-22(27)20(29-19)14-16-4-2-1-3-5-16/h1-7,14-15H,8-13H2,(H,23,26)(H,24,27)/p+1. The summed E-state index contributed by atoms with van der Waals surface area (Å²) < 4.78 is 5.35. The molecule has 7 heteroatoms. The van der Waals surface area contributed by atoms with Crippen molar-refractivity contribution in [2.45, 2.75) is 4.90 Å². The van der Waals surface area contributed by atoms with Crippen LogP contribution >= 0.6 is 11.8 Å². The number of quaternary nitrogens is 1. The zero-order valence-corrected chi connectivity index (χ0v) is 16.9. The first kappa shape index (κ1) is 19.7. The van der Waals surface area contributed by atoms with E-state index in [0.29, 0.717) is 22.7 Å². The van der Waals surface area contributed by atoms with E-state index < -0.39 is 0 Å². The minimum absolute atomic E-state index is 0.120. The summed E-state index contributed by atoms with van der Waals surface area (Å²) in [6, 6.07) is 15.2. The molecule has 2 amide bonds. The van der Waals surface area contributed by atoms with E-state index >= 15 is 0 Å². The SMILES string of the molecule is O=C1Nc2cc(C(=O)NCC[NH+]3CCOCC3)ccc2SC1=Cc1ccccc1. The number of fused-ring (bicyclic) bond motifs is 1. The third-order valence-corrected chi connectivity index (χ3v) is 6.09. The number of carbonyl (C=O) groups is 2. The second-order valence-corrected chi connectivity index (χ2v) is 8.14. The average Bonchev–Trinajstić information content (AvgIpc) is 2.75. The van der Waals surface area contributed by atoms with Gasteiger partial charge in [0.25, 0.3) is 11.8 Å². The van der Waals surface area contributed by atoms with Crippen molar-refractivity contribution in [1.29, 1.82) is 0 Å². The van der Waals surface area contributed by atoms with Gasteiger partial charge in [0.2, 0.25) is 0 Å². The minimum Gasteiger partial charge on any atom is -0.370 e. The number of hydrogen-bond donors (Lipinski definition) is 3. The maximum absolute atomic E-state index is 12.5. The molecular weight excluding hydrogens is 386 g/mol. The largest absolute Gasteiger partial charge is 0.370 e. The molecule has 0 aromatic heterocycles. The van der Waals surface area contributed by atoms with Crippen molar-refractivity contribution < 1.29 is 19.2 Å². The summed E-state index contributed by atoms with van der Waals surface area (Å²) >= 11 is 1.42. The van der Waals surface area contributed by atoms with E-state index in [1.807, 2.05) is 42.5 Å². The van der Waals surface area contributed by atoms with Gasteiger partial charge >= 0.3 is 0 Å². The molecular formula is C22H24N3O3S+. The van der Waals surface area contributed by atoms with E-state index in [-0.39, 0.29) is 11.8 Å². The molecule has 2 aromatic carbocycles. The van der Waals surface area contributed by atoms with Crippen LogP contribution in [0.3, 0.4) is 0 Å². The Morgan fingerprint density at radius 3 is 2.76 bits per heavy atom. The first-order valence-electron chi connectivity index (χ1n) is 9.78. The van der Waals surface area contributed by atoms with E-state index in [9.17, 15) is 9.59 Å². The molecule has 0 spiro atoms. The fourth-order valence-electron chi connectivity index (χ4n) is 3.37. The number of hydrogen-bond acceptors (Lipinski definition) is 4. The number of rotatable bonds is 5. The number of benzene rings is 2. The summed E-state index contributed by atoms with van der Waals surface area (Å²) in [5.41, 5.74) is 2.21. The summed E-state index contributed by atoms with van der Waals surface area (Å²) in [4.78, 5) is 28.0. The Bertz CT molecular complexity index is 924. The molecule has 0 bridgehead atoms. The molecule has 4 rings (SSSR count). The summed E-state index contributed by atoms with van der Waals surface area (Å²) in [7, 11) is 0. The molecule has 0 saturated carbocycles. The molecule has 0 radical (unpaired) electrons. The normalized spacial score (nSPS) is 18.2. The Morgan fingerprint density at radius 2 is 1.97 bits per heavy atom. The van der Waals surface area contributed by atoms with Crippen LogP contribution in [0.2, 0.25) is 0 Å². The predicted molar refractivity (Wildman–Crippen MR) is 114 cm³/mol. The second kappa shape index (κ2) is 9.26. The fraction of sp³-hybridized carbons (Fsp3) is 0.273. The van der Waals surface area contributed by atoms with Crippen LogP contribution in [0.4, 0.5) is 5.69 Å². The zero-order chi connectivity index (χ0) is 20.1. The van der Waals surface area contributed by atoms with E-state index in [2.05, 4.69) is 10.6 Å². The van der Waals surface area contributed by atoms with Crippen molar-refractivity contribution >= 4 is 35.3 Å². The van der Waals surface area contributed by atoms with E-state index in [4.69, 9.17) is 4.74 Å². The second-order valence-electron chi connectivity index (χ2n) is 7.05. The summed E-state index contributed by atoms with van der Waals surface area (Å²) in [6.07, 6.45) is 1.87. The maximum Gasteiger partial charge on any atom is 0.262 e. The molecule has 0 atom stereocenters. The predicted octanol–water partition coefficient (Wildman–Crippen LogP) is 1.42. The van der Waals surface area contributed by atoms with Crippen molar-refractivity contribution in [3.05, 3.63) is 64.6 Å². The molecule has 3 N–H and O–H groups in total. The van der Waals surface area contributed by atoms with Gasteiger partial charge in [-0.25, -0.2) is 0 Å². The first-order valence-corrected chi connectivity index (χ1v) is 10.6. The third-order valence-electron chi connectivity index (χ3n) is 5.00. The molecule has 2 aliphatic rings. The fourth-order valence-corrected chi connectivity index (χ4v) is 4.30. The number of morpholine rings is 1. The van der Waals surface area contributed by atoms with Gasteiger partial charge in [0.1, 0.15) is 13.1 Å². The van der Waals surface area contributed by atoms with Crippen molar-refractivity contribution in [2.24, 2.45) is 0 Å². The Hall–Kier alpha value is -2.61. The van der Waals surface area contributed by atoms with Gasteiger partial charge in [0, 0.05) is 10.5 Å². The van der Waals surface area contributed by atoms with Crippen LogP contribution in [-0.2, 0) is 9.53 Å². The lowest BCUT2D eigenvalue weighted by Gasteiger charge is -2.23. The van der Waals surface area contributed by atoms with Gasteiger partial charge in [-0.1, -0.05) is 42.1 Å². The smallest absolute Gasteiger partial charge is 0.262 e. The van der Waals surface area contributed by atoms with E-state index in [1.165, 1.54) is 16.7 Å². The number of ether oxygens (including phenoxy) is 1. The average molecular weight is 411 g/mol. The Labute approximate surface area is 174 Å². The quantitative estimate of drug-likeness (QED) is 0.652. The molecule has 6 nitrogen and oxygen atoms in total. The van der Waals surface area contributed by atoms with Crippen molar-refractivity contribution in [2.75, 3.05) is 44.7 Å². The lowest BCUT2D eigenvalue weighted by Crippen LogP contribution is -3.14. The van der Waals surface area contributed by atoms with Crippen LogP contribution in [0.5, 0.6) is 0 Å². The van der Waals surface area contributed by atoms with Crippen molar-refractivity contribution in [1.82, 2.24) is 5.32 Å². The lowest BCUT2D eigenvalue weighted by molar-refractivity contribution is -0.906. The van der Waals surface area contributed by atoms with Crippen molar-refractivity contribution in [3.63, 3.8) is 0 Å². The van der Waals surface area contributed by atoms with Crippen LogP contribution in [-0.4, -0.2) is 51.2 Å². The number of amides is 2.